The third kappa shape index (κ3) is 3.99. The average molecular weight is 334 g/mol. The minimum absolute atomic E-state index is 0.0969. The van der Waals surface area contributed by atoms with Crippen LogP contribution in [-0.2, 0) is 6.54 Å². The molecule has 0 spiro atoms. The van der Waals surface area contributed by atoms with E-state index in [9.17, 15) is 4.79 Å². The maximum atomic E-state index is 12.8. The molecule has 0 aliphatic carbocycles. The molecule has 2 aromatic carbocycles. The standard InChI is InChI=1S/C22H26N2O/c1-3-14-22(2)18-23(21(25)20-12-8-5-9-13-20)15-16-24(22)17-19-10-6-4-7-11-19/h3-13H,1,14-18H2,2H3. The molecule has 0 N–H and O–H groups in total. The van der Waals surface area contributed by atoms with E-state index in [4.69, 9.17) is 0 Å². The van der Waals surface area contributed by atoms with E-state index in [1.54, 1.807) is 0 Å². The Kier molecular flexibility index (Phi) is 5.34. The molecule has 1 amide bonds. The molecular formula is C22H26N2O. The van der Waals surface area contributed by atoms with E-state index in [-0.39, 0.29) is 11.4 Å². The first-order valence-electron chi connectivity index (χ1n) is 8.86. The van der Waals surface area contributed by atoms with Crippen molar-refractivity contribution >= 4 is 5.91 Å². The highest BCUT2D eigenvalue weighted by molar-refractivity contribution is 5.94. The first-order valence-corrected chi connectivity index (χ1v) is 8.86. The molecule has 0 radical (unpaired) electrons. The Morgan fingerprint density at radius 2 is 1.72 bits per heavy atom. The van der Waals surface area contributed by atoms with Gasteiger partial charge in [-0.2, -0.15) is 0 Å². The van der Waals surface area contributed by atoms with E-state index in [1.807, 2.05) is 47.4 Å². The van der Waals surface area contributed by atoms with Crippen molar-refractivity contribution in [3.8, 4) is 0 Å². The summed E-state index contributed by atoms with van der Waals surface area (Å²) in [6.07, 6.45) is 2.83. The Morgan fingerprint density at radius 1 is 1.08 bits per heavy atom. The molecule has 1 aliphatic heterocycles. The number of hydrogen-bond donors (Lipinski definition) is 0. The highest BCUT2D eigenvalue weighted by Gasteiger charge is 2.38. The summed E-state index contributed by atoms with van der Waals surface area (Å²) in [7, 11) is 0. The number of amides is 1. The van der Waals surface area contributed by atoms with Gasteiger partial charge in [0.1, 0.15) is 0 Å². The Bertz CT molecular complexity index is 713. The van der Waals surface area contributed by atoms with Crippen molar-refractivity contribution in [1.29, 1.82) is 0 Å². The van der Waals surface area contributed by atoms with Crippen molar-refractivity contribution in [3.05, 3.63) is 84.4 Å². The van der Waals surface area contributed by atoms with Gasteiger partial charge < -0.3 is 4.90 Å². The van der Waals surface area contributed by atoms with Crippen molar-refractivity contribution in [2.75, 3.05) is 19.6 Å². The number of carbonyl (C=O) groups excluding carboxylic acids is 1. The normalized spacial score (nSPS) is 21.1. The second-order valence-electron chi connectivity index (χ2n) is 6.99. The number of rotatable bonds is 5. The van der Waals surface area contributed by atoms with Crippen LogP contribution in [0.25, 0.3) is 0 Å². The molecule has 0 bridgehead atoms. The zero-order valence-corrected chi connectivity index (χ0v) is 14.9. The van der Waals surface area contributed by atoms with Crippen LogP contribution in [0.4, 0.5) is 0 Å². The molecule has 0 aromatic heterocycles. The Hall–Kier alpha value is -2.39. The van der Waals surface area contributed by atoms with Gasteiger partial charge in [0, 0.05) is 37.3 Å². The maximum Gasteiger partial charge on any atom is 0.253 e. The van der Waals surface area contributed by atoms with Crippen LogP contribution in [-0.4, -0.2) is 40.9 Å². The first-order chi connectivity index (χ1) is 12.1. The Balaban J connectivity index is 1.76. The van der Waals surface area contributed by atoms with Crippen LogP contribution in [0.15, 0.2) is 73.3 Å². The number of piperazine rings is 1. The highest BCUT2D eigenvalue weighted by atomic mass is 16.2. The monoisotopic (exact) mass is 334 g/mol. The quantitative estimate of drug-likeness (QED) is 0.772. The zero-order valence-electron chi connectivity index (χ0n) is 14.9. The van der Waals surface area contributed by atoms with E-state index in [1.165, 1.54) is 5.56 Å². The minimum Gasteiger partial charge on any atom is -0.336 e. The molecule has 130 valence electrons. The topological polar surface area (TPSA) is 23.6 Å². The van der Waals surface area contributed by atoms with E-state index >= 15 is 0 Å². The fraction of sp³-hybridized carbons (Fsp3) is 0.318. The second-order valence-corrected chi connectivity index (χ2v) is 6.99. The fourth-order valence-corrected chi connectivity index (χ4v) is 3.62. The van der Waals surface area contributed by atoms with E-state index in [0.29, 0.717) is 0 Å². The van der Waals surface area contributed by atoms with Crippen LogP contribution in [0.5, 0.6) is 0 Å². The third-order valence-electron chi connectivity index (χ3n) is 5.04. The summed E-state index contributed by atoms with van der Waals surface area (Å²) < 4.78 is 0. The van der Waals surface area contributed by atoms with E-state index < -0.39 is 0 Å². The third-order valence-corrected chi connectivity index (χ3v) is 5.04. The summed E-state index contributed by atoms with van der Waals surface area (Å²) in [4.78, 5) is 17.3. The van der Waals surface area contributed by atoms with Crippen molar-refractivity contribution in [1.82, 2.24) is 9.80 Å². The van der Waals surface area contributed by atoms with Crippen LogP contribution in [0.3, 0.4) is 0 Å². The molecule has 1 saturated heterocycles. The van der Waals surface area contributed by atoms with Gasteiger partial charge in [0.2, 0.25) is 0 Å². The lowest BCUT2D eigenvalue weighted by molar-refractivity contribution is 0.00613. The zero-order chi connectivity index (χ0) is 17.7. The van der Waals surface area contributed by atoms with Gasteiger partial charge in [-0.25, -0.2) is 0 Å². The van der Waals surface area contributed by atoms with Gasteiger partial charge in [-0.05, 0) is 31.0 Å². The van der Waals surface area contributed by atoms with Gasteiger partial charge in [-0.3, -0.25) is 9.69 Å². The van der Waals surface area contributed by atoms with Gasteiger partial charge in [-0.1, -0.05) is 54.6 Å². The lowest BCUT2D eigenvalue weighted by Crippen LogP contribution is -2.61. The van der Waals surface area contributed by atoms with Gasteiger partial charge in [0.15, 0.2) is 0 Å². The van der Waals surface area contributed by atoms with Crippen molar-refractivity contribution in [2.45, 2.75) is 25.4 Å². The van der Waals surface area contributed by atoms with Crippen LogP contribution in [0.2, 0.25) is 0 Å². The molecule has 3 nitrogen and oxygen atoms in total. The first kappa shape index (κ1) is 17.4. The maximum absolute atomic E-state index is 12.8. The van der Waals surface area contributed by atoms with E-state index in [0.717, 1.165) is 38.2 Å². The molecule has 1 heterocycles. The van der Waals surface area contributed by atoms with Crippen LogP contribution in [0.1, 0.15) is 29.3 Å². The molecular weight excluding hydrogens is 308 g/mol. The largest absolute Gasteiger partial charge is 0.336 e. The SMILES string of the molecule is C=CCC1(C)CN(C(=O)c2ccccc2)CCN1Cc1ccccc1. The summed E-state index contributed by atoms with van der Waals surface area (Å²) in [6.45, 7) is 9.43. The van der Waals surface area contributed by atoms with Crippen LogP contribution >= 0.6 is 0 Å². The average Bonchev–Trinajstić information content (AvgIpc) is 2.64. The van der Waals surface area contributed by atoms with Crippen LogP contribution in [0, 0.1) is 0 Å². The van der Waals surface area contributed by atoms with Gasteiger partial charge >= 0.3 is 0 Å². The van der Waals surface area contributed by atoms with Crippen molar-refractivity contribution in [2.24, 2.45) is 0 Å². The summed E-state index contributed by atoms with van der Waals surface area (Å²) in [5.41, 5.74) is 1.97. The predicted octanol–water partition coefficient (Wildman–Crippen LogP) is 3.98. The van der Waals surface area contributed by atoms with Crippen molar-refractivity contribution < 1.29 is 4.79 Å². The Labute approximate surface area is 150 Å². The number of benzene rings is 2. The molecule has 1 atom stereocenters. The molecule has 1 fully saturated rings. The van der Waals surface area contributed by atoms with Gasteiger partial charge in [-0.15, -0.1) is 6.58 Å². The lowest BCUT2D eigenvalue weighted by atomic mass is 9.91. The molecule has 0 saturated carbocycles. The molecule has 1 unspecified atom stereocenters. The highest BCUT2D eigenvalue weighted by Crippen LogP contribution is 2.28. The van der Waals surface area contributed by atoms with Crippen LogP contribution < -0.4 is 0 Å². The molecule has 2 aromatic rings. The summed E-state index contributed by atoms with van der Waals surface area (Å²) in [5, 5.41) is 0. The van der Waals surface area contributed by atoms with E-state index in [2.05, 4.69) is 42.7 Å². The fourth-order valence-electron chi connectivity index (χ4n) is 3.62. The summed E-state index contributed by atoms with van der Waals surface area (Å²) >= 11 is 0. The minimum atomic E-state index is -0.0969. The summed E-state index contributed by atoms with van der Waals surface area (Å²) in [6, 6.07) is 20.1. The van der Waals surface area contributed by atoms with Gasteiger partial charge in [0.25, 0.3) is 5.91 Å². The van der Waals surface area contributed by atoms with Gasteiger partial charge in [0.05, 0.1) is 0 Å². The number of nitrogens with zero attached hydrogens (tertiary/aromatic N) is 2. The number of hydrogen-bond acceptors (Lipinski definition) is 2. The molecule has 3 heteroatoms. The predicted molar refractivity (Wildman–Crippen MR) is 102 cm³/mol. The summed E-state index contributed by atoms with van der Waals surface area (Å²) in [5.74, 6) is 0.121. The lowest BCUT2D eigenvalue weighted by Gasteiger charge is -2.49. The number of carbonyl (C=O) groups is 1. The van der Waals surface area contributed by atoms with Crippen molar-refractivity contribution in [3.63, 3.8) is 0 Å². The Morgan fingerprint density at radius 3 is 2.36 bits per heavy atom. The molecule has 3 rings (SSSR count). The molecule has 25 heavy (non-hydrogen) atoms. The molecule has 1 aliphatic rings. The smallest absolute Gasteiger partial charge is 0.253 e. The second kappa shape index (κ2) is 7.66.